The highest BCUT2D eigenvalue weighted by atomic mass is 16.7. The fraction of sp³-hybridized carbons (Fsp3) is 1.00. The lowest BCUT2D eigenvalue weighted by molar-refractivity contribution is -0.111. The van der Waals surface area contributed by atoms with Crippen LogP contribution in [-0.4, -0.2) is 31.2 Å². The lowest BCUT2D eigenvalue weighted by Gasteiger charge is -2.14. The highest BCUT2D eigenvalue weighted by Gasteiger charge is 2.40. The summed E-state index contributed by atoms with van der Waals surface area (Å²) >= 11 is 0. The highest BCUT2D eigenvalue weighted by molar-refractivity contribution is 4.92. The molecule has 0 radical (unpaired) electrons. The molecule has 0 aromatic carbocycles. The average Bonchev–Trinajstić information content (AvgIpc) is 2.71. The quantitative estimate of drug-likeness (QED) is 0.607. The molecule has 0 saturated heterocycles. The van der Waals surface area contributed by atoms with Crippen molar-refractivity contribution in [3.05, 3.63) is 0 Å². The van der Waals surface area contributed by atoms with E-state index in [0.717, 1.165) is 25.7 Å². The van der Waals surface area contributed by atoms with Crippen molar-refractivity contribution in [2.45, 2.75) is 37.6 Å². The summed E-state index contributed by atoms with van der Waals surface area (Å²) in [6, 6.07) is 0. The number of hydrogen-bond donors (Lipinski definition) is 1. The second-order valence-electron chi connectivity index (χ2n) is 3.16. The molecule has 1 aliphatic rings. The third kappa shape index (κ3) is 2.77. The van der Waals surface area contributed by atoms with Crippen LogP contribution in [0.3, 0.4) is 0 Å². The molecule has 0 unspecified atom stereocenters. The SMILES string of the molecule is COC(CCC1(O)CC1)OC. The van der Waals surface area contributed by atoms with Gasteiger partial charge in [-0.15, -0.1) is 0 Å². The largest absolute Gasteiger partial charge is 0.390 e. The van der Waals surface area contributed by atoms with Gasteiger partial charge in [0.1, 0.15) is 0 Å². The Bertz CT molecular complexity index is 117. The zero-order chi connectivity index (χ0) is 8.32. The molecule has 0 heterocycles. The third-order valence-corrected chi connectivity index (χ3v) is 2.20. The maximum Gasteiger partial charge on any atom is 0.156 e. The summed E-state index contributed by atoms with van der Waals surface area (Å²) in [6.07, 6.45) is 3.29. The Morgan fingerprint density at radius 3 is 2.27 bits per heavy atom. The van der Waals surface area contributed by atoms with Gasteiger partial charge in [0.25, 0.3) is 0 Å². The van der Waals surface area contributed by atoms with Crippen LogP contribution in [0, 0.1) is 0 Å². The predicted octanol–water partition coefficient (Wildman–Crippen LogP) is 0.910. The minimum absolute atomic E-state index is 0.153. The number of rotatable bonds is 5. The molecule has 1 rings (SSSR count). The van der Waals surface area contributed by atoms with E-state index >= 15 is 0 Å². The number of methoxy groups -OCH3 is 2. The molecule has 0 atom stereocenters. The molecule has 0 aromatic heterocycles. The molecule has 11 heavy (non-hydrogen) atoms. The standard InChI is InChI=1S/C8H16O3/c1-10-7(11-2)3-4-8(9)5-6-8/h7,9H,3-6H2,1-2H3. The van der Waals surface area contributed by atoms with E-state index < -0.39 is 0 Å². The molecule has 0 aliphatic heterocycles. The summed E-state index contributed by atoms with van der Waals surface area (Å²) in [6.45, 7) is 0. The number of hydrogen-bond acceptors (Lipinski definition) is 3. The zero-order valence-corrected chi connectivity index (χ0v) is 7.17. The van der Waals surface area contributed by atoms with E-state index in [-0.39, 0.29) is 11.9 Å². The Balaban J connectivity index is 2.09. The molecule has 3 heteroatoms. The molecular formula is C8H16O3. The van der Waals surface area contributed by atoms with Crippen molar-refractivity contribution < 1.29 is 14.6 Å². The first-order valence-electron chi connectivity index (χ1n) is 3.98. The second kappa shape index (κ2) is 3.52. The average molecular weight is 160 g/mol. The van der Waals surface area contributed by atoms with Gasteiger partial charge in [-0.1, -0.05) is 0 Å². The van der Waals surface area contributed by atoms with Crippen molar-refractivity contribution in [3.8, 4) is 0 Å². The van der Waals surface area contributed by atoms with E-state index in [2.05, 4.69) is 0 Å². The van der Waals surface area contributed by atoms with Gasteiger partial charge >= 0.3 is 0 Å². The van der Waals surface area contributed by atoms with Crippen LogP contribution >= 0.6 is 0 Å². The molecule has 0 aromatic rings. The molecule has 0 bridgehead atoms. The Kier molecular flexibility index (Phi) is 2.87. The minimum atomic E-state index is -0.380. The molecule has 0 spiro atoms. The molecule has 1 N–H and O–H groups in total. The molecule has 3 nitrogen and oxygen atoms in total. The van der Waals surface area contributed by atoms with Crippen LogP contribution in [0.2, 0.25) is 0 Å². The summed E-state index contributed by atoms with van der Waals surface area (Å²) in [7, 11) is 3.23. The van der Waals surface area contributed by atoms with Crippen LogP contribution in [0.25, 0.3) is 0 Å². The van der Waals surface area contributed by atoms with Crippen LogP contribution < -0.4 is 0 Å². The number of ether oxygens (including phenoxy) is 2. The minimum Gasteiger partial charge on any atom is -0.390 e. The van der Waals surface area contributed by atoms with Gasteiger partial charge < -0.3 is 14.6 Å². The Labute approximate surface area is 67.3 Å². The van der Waals surface area contributed by atoms with E-state index in [0.29, 0.717) is 0 Å². The van der Waals surface area contributed by atoms with Gasteiger partial charge in [-0.3, -0.25) is 0 Å². The van der Waals surface area contributed by atoms with Crippen molar-refractivity contribution >= 4 is 0 Å². The van der Waals surface area contributed by atoms with Crippen LogP contribution in [-0.2, 0) is 9.47 Å². The number of aliphatic hydroxyl groups is 1. The smallest absolute Gasteiger partial charge is 0.156 e. The van der Waals surface area contributed by atoms with Gasteiger partial charge in [0, 0.05) is 20.6 Å². The summed E-state index contributed by atoms with van der Waals surface area (Å²) in [5, 5.41) is 9.46. The van der Waals surface area contributed by atoms with Crippen molar-refractivity contribution in [2.75, 3.05) is 14.2 Å². The first kappa shape index (κ1) is 8.97. The Hall–Kier alpha value is -0.120. The topological polar surface area (TPSA) is 38.7 Å². The van der Waals surface area contributed by atoms with E-state index in [9.17, 15) is 5.11 Å². The Morgan fingerprint density at radius 2 is 1.91 bits per heavy atom. The first-order chi connectivity index (χ1) is 5.20. The summed E-state index contributed by atoms with van der Waals surface area (Å²) in [5.74, 6) is 0. The van der Waals surface area contributed by atoms with Gasteiger partial charge in [-0.25, -0.2) is 0 Å². The molecule has 1 saturated carbocycles. The van der Waals surface area contributed by atoms with Gasteiger partial charge in [-0.2, -0.15) is 0 Å². The lowest BCUT2D eigenvalue weighted by Crippen LogP contribution is -2.17. The van der Waals surface area contributed by atoms with E-state index in [1.807, 2.05) is 0 Å². The Morgan fingerprint density at radius 1 is 1.36 bits per heavy atom. The predicted molar refractivity (Wildman–Crippen MR) is 41.2 cm³/mol. The van der Waals surface area contributed by atoms with Crippen molar-refractivity contribution in [3.63, 3.8) is 0 Å². The summed E-state index contributed by atoms with van der Waals surface area (Å²) < 4.78 is 9.98. The van der Waals surface area contributed by atoms with Crippen molar-refractivity contribution in [2.24, 2.45) is 0 Å². The molecule has 1 fully saturated rings. The van der Waals surface area contributed by atoms with Gasteiger partial charge in [0.15, 0.2) is 6.29 Å². The van der Waals surface area contributed by atoms with Crippen molar-refractivity contribution in [1.82, 2.24) is 0 Å². The molecule has 66 valence electrons. The highest BCUT2D eigenvalue weighted by Crippen LogP contribution is 2.39. The maximum absolute atomic E-state index is 9.46. The summed E-state index contributed by atoms with van der Waals surface area (Å²) in [5.41, 5.74) is -0.380. The van der Waals surface area contributed by atoms with Gasteiger partial charge in [-0.05, 0) is 19.3 Å². The molecular weight excluding hydrogens is 144 g/mol. The van der Waals surface area contributed by atoms with E-state index in [1.54, 1.807) is 14.2 Å². The van der Waals surface area contributed by atoms with E-state index in [4.69, 9.17) is 9.47 Å². The van der Waals surface area contributed by atoms with Crippen molar-refractivity contribution in [1.29, 1.82) is 0 Å². The first-order valence-corrected chi connectivity index (χ1v) is 3.98. The third-order valence-electron chi connectivity index (χ3n) is 2.20. The van der Waals surface area contributed by atoms with Crippen LogP contribution in [0.5, 0.6) is 0 Å². The van der Waals surface area contributed by atoms with Gasteiger partial charge in [0.2, 0.25) is 0 Å². The monoisotopic (exact) mass is 160 g/mol. The fourth-order valence-electron chi connectivity index (χ4n) is 1.11. The maximum atomic E-state index is 9.46. The van der Waals surface area contributed by atoms with Crippen LogP contribution in [0.15, 0.2) is 0 Å². The normalized spacial score (nSPS) is 20.7. The van der Waals surface area contributed by atoms with Gasteiger partial charge in [0.05, 0.1) is 5.60 Å². The molecule has 0 amide bonds. The van der Waals surface area contributed by atoms with Crippen LogP contribution in [0.4, 0.5) is 0 Å². The molecule has 1 aliphatic carbocycles. The lowest BCUT2D eigenvalue weighted by atomic mass is 10.2. The zero-order valence-electron chi connectivity index (χ0n) is 7.17. The van der Waals surface area contributed by atoms with Crippen LogP contribution in [0.1, 0.15) is 25.7 Å². The van der Waals surface area contributed by atoms with E-state index in [1.165, 1.54) is 0 Å². The second-order valence-corrected chi connectivity index (χ2v) is 3.16. The summed E-state index contributed by atoms with van der Waals surface area (Å²) in [4.78, 5) is 0. The fourth-order valence-corrected chi connectivity index (χ4v) is 1.11.